The number of nitrogens with zero attached hydrogens (tertiary/aromatic N) is 1. The van der Waals surface area contributed by atoms with Crippen LogP contribution in [-0.4, -0.2) is 30.4 Å². The number of methoxy groups -OCH3 is 1. The second-order valence-electron chi connectivity index (χ2n) is 6.32. The molecule has 0 unspecified atom stereocenters. The van der Waals surface area contributed by atoms with Gasteiger partial charge < -0.3 is 10.1 Å². The lowest BCUT2D eigenvalue weighted by molar-refractivity contribution is -0.117. The Kier molecular flexibility index (Phi) is 6.94. The second kappa shape index (κ2) is 9.82. The van der Waals surface area contributed by atoms with Gasteiger partial charge in [-0.05, 0) is 22.6 Å². The van der Waals surface area contributed by atoms with Crippen molar-refractivity contribution in [2.45, 2.75) is 13.1 Å². The van der Waals surface area contributed by atoms with Gasteiger partial charge in [-0.15, -0.1) is 11.3 Å². The Hall–Kier alpha value is -2.96. The van der Waals surface area contributed by atoms with Crippen LogP contribution in [0.5, 0.6) is 0 Å². The van der Waals surface area contributed by atoms with E-state index in [0.29, 0.717) is 23.7 Å². The van der Waals surface area contributed by atoms with Crippen molar-refractivity contribution in [3.63, 3.8) is 0 Å². The number of thiophene rings is 1. The van der Waals surface area contributed by atoms with Crippen molar-refractivity contribution in [1.82, 2.24) is 4.90 Å². The lowest BCUT2D eigenvalue weighted by atomic mass is 10.1. The Morgan fingerprint density at radius 3 is 2.04 bits per heavy atom. The summed E-state index contributed by atoms with van der Waals surface area (Å²) in [5.41, 5.74) is 2.76. The molecular weight excluding hydrogens is 372 g/mol. The van der Waals surface area contributed by atoms with Crippen LogP contribution in [0.4, 0.5) is 5.69 Å². The van der Waals surface area contributed by atoms with Crippen LogP contribution in [0.1, 0.15) is 20.8 Å². The molecule has 0 aliphatic heterocycles. The Balaban J connectivity index is 1.70. The molecule has 0 spiro atoms. The van der Waals surface area contributed by atoms with E-state index in [1.165, 1.54) is 18.4 Å². The van der Waals surface area contributed by atoms with Gasteiger partial charge in [0, 0.05) is 13.1 Å². The fourth-order valence-corrected chi connectivity index (χ4v) is 3.67. The highest BCUT2D eigenvalue weighted by Crippen LogP contribution is 2.23. The summed E-state index contributed by atoms with van der Waals surface area (Å²) in [6, 6.07) is 21.8. The van der Waals surface area contributed by atoms with E-state index in [-0.39, 0.29) is 12.5 Å². The van der Waals surface area contributed by atoms with Gasteiger partial charge in [-0.25, -0.2) is 4.79 Å². The van der Waals surface area contributed by atoms with E-state index in [4.69, 9.17) is 4.74 Å². The van der Waals surface area contributed by atoms with Crippen LogP contribution in [0.2, 0.25) is 0 Å². The Labute approximate surface area is 168 Å². The molecule has 0 bridgehead atoms. The van der Waals surface area contributed by atoms with Crippen molar-refractivity contribution in [3.8, 4) is 0 Å². The third kappa shape index (κ3) is 5.52. The predicted octanol–water partition coefficient (Wildman–Crippen LogP) is 4.18. The van der Waals surface area contributed by atoms with Crippen LogP contribution in [-0.2, 0) is 22.6 Å². The molecule has 5 nitrogen and oxygen atoms in total. The monoisotopic (exact) mass is 394 g/mol. The number of ether oxygens (including phenoxy) is 1. The summed E-state index contributed by atoms with van der Waals surface area (Å²) in [7, 11) is 1.33. The van der Waals surface area contributed by atoms with Gasteiger partial charge in [-0.3, -0.25) is 9.69 Å². The molecule has 1 N–H and O–H groups in total. The summed E-state index contributed by atoms with van der Waals surface area (Å²) in [6.07, 6.45) is 0. The number of benzene rings is 2. The predicted molar refractivity (Wildman–Crippen MR) is 111 cm³/mol. The molecule has 144 valence electrons. The minimum absolute atomic E-state index is 0.171. The van der Waals surface area contributed by atoms with Crippen LogP contribution in [0.15, 0.2) is 72.1 Å². The first-order valence-corrected chi connectivity index (χ1v) is 9.79. The highest BCUT2D eigenvalue weighted by Gasteiger charge is 2.17. The van der Waals surface area contributed by atoms with Crippen LogP contribution in [0.3, 0.4) is 0 Å². The molecule has 0 aliphatic rings. The molecule has 3 rings (SSSR count). The van der Waals surface area contributed by atoms with Gasteiger partial charge in [-0.2, -0.15) is 0 Å². The third-order valence-electron chi connectivity index (χ3n) is 4.18. The van der Waals surface area contributed by atoms with Gasteiger partial charge in [0.15, 0.2) is 0 Å². The summed E-state index contributed by atoms with van der Waals surface area (Å²) < 4.78 is 4.77. The number of rotatable bonds is 8. The average molecular weight is 394 g/mol. The molecule has 0 fully saturated rings. The van der Waals surface area contributed by atoms with Crippen molar-refractivity contribution in [2.24, 2.45) is 0 Å². The zero-order valence-corrected chi connectivity index (χ0v) is 16.4. The highest BCUT2D eigenvalue weighted by molar-refractivity contribution is 7.12. The molecule has 2 aromatic carbocycles. The number of carbonyl (C=O) groups is 2. The van der Waals surface area contributed by atoms with Gasteiger partial charge >= 0.3 is 5.97 Å². The first-order valence-electron chi connectivity index (χ1n) is 8.91. The molecule has 28 heavy (non-hydrogen) atoms. The minimum Gasteiger partial charge on any atom is -0.465 e. The van der Waals surface area contributed by atoms with E-state index in [1.54, 1.807) is 11.4 Å². The number of amides is 1. The lowest BCUT2D eigenvalue weighted by Crippen LogP contribution is -2.32. The Morgan fingerprint density at radius 2 is 1.50 bits per heavy atom. The van der Waals surface area contributed by atoms with Crippen molar-refractivity contribution in [1.29, 1.82) is 0 Å². The van der Waals surface area contributed by atoms with Gasteiger partial charge in [-0.1, -0.05) is 60.7 Å². The van der Waals surface area contributed by atoms with E-state index in [9.17, 15) is 9.59 Å². The van der Waals surface area contributed by atoms with Gasteiger partial charge in [0.2, 0.25) is 5.91 Å². The lowest BCUT2D eigenvalue weighted by Gasteiger charge is -2.22. The van der Waals surface area contributed by atoms with E-state index < -0.39 is 5.97 Å². The number of esters is 1. The van der Waals surface area contributed by atoms with E-state index in [2.05, 4.69) is 10.2 Å². The fraction of sp³-hybridized carbons (Fsp3) is 0.182. The quantitative estimate of drug-likeness (QED) is 0.583. The molecular formula is C22H22N2O3S. The van der Waals surface area contributed by atoms with E-state index in [1.807, 2.05) is 60.7 Å². The van der Waals surface area contributed by atoms with E-state index in [0.717, 1.165) is 11.1 Å². The van der Waals surface area contributed by atoms with Gasteiger partial charge in [0.25, 0.3) is 0 Å². The number of nitrogens with one attached hydrogen (secondary N) is 1. The molecule has 0 aliphatic carbocycles. The van der Waals surface area contributed by atoms with Crippen molar-refractivity contribution < 1.29 is 14.3 Å². The van der Waals surface area contributed by atoms with Crippen LogP contribution < -0.4 is 5.32 Å². The molecule has 3 aromatic rings. The molecule has 1 heterocycles. The standard InChI is InChI=1S/C22H22N2O3S/c1-27-22(26)21-19(12-13-28-21)23-20(25)16-24(14-17-8-4-2-5-9-17)15-18-10-6-3-7-11-18/h2-13H,14-16H2,1H3,(H,23,25). The average Bonchev–Trinajstić information content (AvgIpc) is 3.16. The summed E-state index contributed by atoms with van der Waals surface area (Å²) in [6.45, 7) is 1.51. The number of carbonyl (C=O) groups excluding carboxylic acids is 2. The maximum atomic E-state index is 12.7. The topological polar surface area (TPSA) is 58.6 Å². The Bertz CT molecular complexity index is 868. The van der Waals surface area contributed by atoms with Crippen molar-refractivity contribution in [2.75, 3.05) is 19.0 Å². The smallest absolute Gasteiger partial charge is 0.350 e. The maximum absolute atomic E-state index is 12.7. The molecule has 0 saturated carbocycles. The first kappa shape index (κ1) is 19.8. The SMILES string of the molecule is COC(=O)c1sccc1NC(=O)CN(Cc1ccccc1)Cc1ccccc1. The number of anilines is 1. The molecule has 1 aromatic heterocycles. The van der Waals surface area contributed by atoms with Crippen molar-refractivity contribution >= 4 is 28.9 Å². The van der Waals surface area contributed by atoms with Gasteiger partial charge in [0.05, 0.1) is 19.3 Å². The summed E-state index contributed by atoms with van der Waals surface area (Å²) in [5, 5.41) is 4.59. The Morgan fingerprint density at radius 1 is 0.929 bits per heavy atom. The molecule has 0 saturated heterocycles. The molecule has 6 heteroatoms. The van der Waals surface area contributed by atoms with E-state index >= 15 is 0 Å². The normalized spacial score (nSPS) is 10.6. The zero-order valence-electron chi connectivity index (χ0n) is 15.6. The summed E-state index contributed by atoms with van der Waals surface area (Å²) in [4.78, 5) is 26.9. The molecule has 0 atom stereocenters. The number of hydrogen-bond acceptors (Lipinski definition) is 5. The fourth-order valence-electron chi connectivity index (χ4n) is 2.90. The van der Waals surface area contributed by atoms with Crippen LogP contribution in [0, 0.1) is 0 Å². The number of hydrogen-bond donors (Lipinski definition) is 1. The second-order valence-corrected chi connectivity index (χ2v) is 7.24. The van der Waals surface area contributed by atoms with Crippen LogP contribution >= 0.6 is 11.3 Å². The zero-order chi connectivity index (χ0) is 19.8. The summed E-state index contributed by atoms with van der Waals surface area (Å²) >= 11 is 1.25. The first-order chi connectivity index (χ1) is 13.7. The largest absolute Gasteiger partial charge is 0.465 e. The van der Waals surface area contributed by atoms with Crippen LogP contribution in [0.25, 0.3) is 0 Å². The molecule has 1 amide bonds. The third-order valence-corrected chi connectivity index (χ3v) is 5.07. The summed E-state index contributed by atoms with van der Waals surface area (Å²) in [5.74, 6) is -0.619. The van der Waals surface area contributed by atoms with Crippen molar-refractivity contribution in [3.05, 3.63) is 88.1 Å². The maximum Gasteiger partial charge on any atom is 0.350 e. The highest BCUT2D eigenvalue weighted by atomic mass is 32.1. The minimum atomic E-state index is -0.448. The molecule has 0 radical (unpaired) electrons. The van der Waals surface area contributed by atoms with Gasteiger partial charge in [0.1, 0.15) is 4.88 Å².